The fourth-order valence-electron chi connectivity index (χ4n) is 3.23. The molecule has 4 nitrogen and oxygen atoms in total. The Morgan fingerprint density at radius 2 is 1.96 bits per heavy atom. The Morgan fingerprint density at radius 3 is 2.57 bits per heavy atom. The van der Waals surface area contributed by atoms with Crippen LogP contribution in [0.3, 0.4) is 0 Å². The molecule has 0 unspecified atom stereocenters. The van der Waals surface area contributed by atoms with Crippen LogP contribution in [0.15, 0.2) is 36.5 Å². The van der Waals surface area contributed by atoms with E-state index in [2.05, 4.69) is 31.7 Å². The predicted molar refractivity (Wildman–Crippen MR) is 92.0 cm³/mol. The highest BCUT2D eigenvalue weighted by Gasteiger charge is 2.39. The van der Waals surface area contributed by atoms with Crippen molar-refractivity contribution >= 4 is 5.97 Å². The Hall–Kier alpha value is -1.39. The summed E-state index contributed by atoms with van der Waals surface area (Å²) < 4.78 is 0. The van der Waals surface area contributed by atoms with E-state index in [0.717, 1.165) is 19.3 Å². The Kier molecular flexibility index (Phi) is 8.89. The summed E-state index contributed by atoms with van der Waals surface area (Å²) in [7, 11) is 0. The van der Waals surface area contributed by atoms with E-state index in [1.165, 1.54) is 5.57 Å². The fourth-order valence-corrected chi connectivity index (χ4v) is 3.23. The lowest BCUT2D eigenvalue weighted by Crippen LogP contribution is -2.19. The number of carboxylic acid groups (broad SMARTS) is 1. The van der Waals surface area contributed by atoms with Crippen molar-refractivity contribution in [3.8, 4) is 0 Å². The van der Waals surface area contributed by atoms with Gasteiger partial charge in [-0.05, 0) is 38.0 Å². The standard InChI is InChI=1S/C19H30O4/c1-3-5-6-8-14(9-7-10-19(22)23)11-12-16-15(4-2)17(20)13-18(16)21/h4-6,11,15-18,20-21H,2-3,7-10,12-13H2,1H3,(H,22,23)/b6-5-,14-11-/t15-,16-,17-,18+/m1/s1. The van der Waals surface area contributed by atoms with Crippen molar-refractivity contribution in [2.24, 2.45) is 11.8 Å². The lowest BCUT2D eigenvalue weighted by Gasteiger charge is -2.19. The number of carboxylic acids is 1. The minimum absolute atomic E-state index is 0.00729. The minimum Gasteiger partial charge on any atom is -0.481 e. The third-order valence-electron chi connectivity index (χ3n) is 4.54. The zero-order valence-electron chi connectivity index (χ0n) is 14.0. The fraction of sp³-hybridized carbons (Fsp3) is 0.632. The van der Waals surface area contributed by atoms with E-state index >= 15 is 0 Å². The van der Waals surface area contributed by atoms with E-state index in [4.69, 9.17) is 5.11 Å². The number of hydrogen-bond acceptors (Lipinski definition) is 3. The first-order valence-corrected chi connectivity index (χ1v) is 8.52. The van der Waals surface area contributed by atoms with Crippen LogP contribution in [-0.2, 0) is 4.79 Å². The van der Waals surface area contributed by atoms with Crippen LogP contribution in [0.5, 0.6) is 0 Å². The Balaban J connectivity index is 2.67. The maximum Gasteiger partial charge on any atom is 0.303 e. The van der Waals surface area contributed by atoms with Crippen LogP contribution in [0.2, 0.25) is 0 Å². The molecule has 3 N–H and O–H groups in total. The number of aliphatic carboxylic acids is 1. The van der Waals surface area contributed by atoms with Gasteiger partial charge in [0.15, 0.2) is 0 Å². The van der Waals surface area contributed by atoms with Crippen molar-refractivity contribution in [2.75, 3.05) is 0 Å². The average molecular weight is 322 g/mol. The number of rotatable bonds is 10. The van der Waals surface area contributed by atoms with Crippen LogP contribution in [0.1, 0.15) is 51.9 Å². The van der Waals surface area contributed by atoms with Gasteiger partial charge in [0.25, 0.3) is 0 Å². The van der Waals surface area contributed by atoms with E-state index < -0.39 is 18.2 Å². The highest BCUT2D eigenvalue weighted by atomic mass is 16.4. The van der Waals surface area contributed by atoms with Gasteiger partial charge in [-0.15, -0.1) is 6.58 Å². The van der Waals surface area contributed by atoms with E-state index in [1.54, 1.807) is 6.08 Å². The maximum absolute atomic E-state index is 10.7. The summed E-state index contributed by atoms with van der Waals surface area (Å²) in [5, 5.41) is 28.8. The molecule has 0 aromatic heterocycles. The highest BCUT2D eigenvalue weighted by molar-refractivity contribution is 5.66. The molecular weight excluding hydrogens is 292 g/mol. The SMILES string of the molecule is C=C[C@@H]1[C@@H](C/C=C(/C/C=C\CC)CCCC(=O)O)[C@@H](O)C[C@H]1O. The molecule has 0 saturated heterocycles. The van der Waals surface area contributed by atoms with Crippen LogP contribution < -0.4 is 0 Å². The number of allylic oxidation sites excluding steroid dienone is 4. The third-order valence-corrected chi connectivity index (χ3v) is 4.54. The number of carbonyl (C=O) groups is 1. The molecule has 4 heteroatoms. The number of aliphatic hydroxyl groups is 2. The molecule has 1 saturated carbocycles. The molecule has 4 atom stereocenters. The van der Waals surface area contributed by atoms with Gasteiger partial charge in [-0.1, -0.05) is 36.8 Å². The zero-order valence-corrected chi connectivity index (χ0v) is 14.0. The van der Waals surface area contributed by atoms with Crippen molar-refractivity contribution in [1.29, 1.82) is 0 Å². The van der Waals surface area contributed by atoms with Crippen LogP contribution in [0.25, 0.3) is 0 Å². The molecule has 1 aliphatic carbocycles. The molecule has 0 bridgehead atoms. The lowest BCUT2D eigenvalue weighted by molar-refractivity contribution is -0.137. The van der Waals surface area contributed by atoms with Gasteiger partial charge in [0.1, 0.15) is 0 Å². The van der Waals surface area contributed by atoms with E-state index in [-0.39, 0.29) is 18.3 Å². The average Bonchev–Trinajstić information content (AvgIpc) is 2.77. The molecule has 0 heterocycles. The Labute approximate surface area is 139 Å². The van der Waals surface area contributed by atoms with Crippen LogP contribution in [0.4, 0.5) is 0 Å². The normalized spacial score (nSPS) is 28.4. The summed E-state index contributed by atoms with van der Waals surface area (Å²) in [5.74, 6) is -0.852. The highest BCUT2D eigenvalue weighted by Crippen LogP contribution is 2.36. The molecule has 130 valence electrons. The first-order valence-electron chi connectivity index (χ1n) is 8.52. The van der Waals surface area contributed by atoms with Gasteiger partial charge < -0.3 is 15.3 Å². The second kappa shape index (κ2) is 10.4. The molecule has 0 aromatic carbocycles. The van der Waals surface area contributed by atoms with Crippen molar-refractivity contribution in [3.05, 3.63) is 36.5 Å². The number of aliphatic hydroxyl groups excluding tert-OH is 2. The van der Waals surface area contributed by atoms with E-state index in [9.17, 15) is 15.0 Å². The quantitative estimate of drug-likeness (QED) is 0.538. The molecular formula is C19H30O4. The minimum atomic E-state index is -0.769. The van der Waals surface area contributed by atoms with E-state index in [1.807, 2.05) is 0 Å². The summed E-state index contributed by atoms with van der Waals surface area (Å²) in [6, 6.07) is 0. The van der Waals surface area contributed by atoms with Crippen LogP contribution in [-0.4, -0.2) is 33.5 Å². The second-order valence-corrected chi connectivity index (χ2v) is 6.28. The summed E-state index contributed by atoms with van der Waals surface area (Å²) in [6.07, 6.45) is 11.5. The maximum atomic E-state index is 10.7. The van der Waals surface area contributed by atoms with Gasteiger partial charge in [-0.3, -0.25) is 4.79 Å². The van der Waals surface area contributed by atoms with Gasteiger partial charge in [0.2, 0.25) is 0 Å². The Bertz CT molecular complexity index is 439. The topological polar surface area (TPSA) is 77.8 Å². The molecule has 0 spiro atoms. The Morgan fingerprint density at radius 1 is 1.22 bits per heavy atom. The molecule has 0 aliphatic heterocycles. The van der Waals surface area contributed by atoms with Crippen LogP contribution in [0, 0.1) is 11.8 Å². The molecule has 0 radical (unpaired) electrons. The van der Waals surface area contributed by atoms with Gasteiger partial charge in [-0.25, -0.2) is 0 Å². The summed E-state index contributed by atoms with van der Waals surface area (Å²) in [5.41, 5.74) is 1.20. The summed E-state index contributed by atoms with van der Waals surface area (Å²) >= 11 is 0. The summed E-state index contributed by atoms with van der Waals surface area (Å²) in [6.45, 7) is 5.84. The molecule has 0 aromatic rings. The van der Waals surface area contributed by atoms with Crippen molar-refractivity contribution in [3.63, 3.8) is 0 Å². The first kappa shape index (κ1) is 19.7. The molecule has 0 amide bonds. The third kappa shape index (κ3) is 6.71. The van der Waals surface area contributed by atoms with E-state index in [0.29, 0.717) is 19.3 Å². The van der Waals surface area contributed by atoms with Crippen LogP contribution >= 0.6 is 0 Å². The lowest BCUT2D eigenvalue weighted by atomic mass is 9.89. The zero-order chi connectivity index (χ0) is 17.2. The smallest absolute Gasteiger partial charge is 0.303 e. The van der Waals surface area contributed by atoms with Gasteiger partial charge in [0, 0.05) is 18.8 Å². The molecule has 23 heavy (non-hydrogen) atoms. The van der Waals surface area contributed by atoms with Gasteiger partial charge >= 0.3 is 5.97 Å². The summed E-state index contributed by atoms with van der Waals surface area (Å²) in [4.78, 5) is 10.7. The molecule has 1 fully saturated rings. The van der Waals surface area contributed by atoms with Crippen molar-refractivity contribution in [1.82, 2.24) is 0 Å². The molecule has 1 rings (SSSR count). The van der Waals surface area contributed by atoms with Gasteiger partial charge in [0.05, 0.1) is 12.2 Å². The van der Waals surface area contributed by atoms with Gasteiger partial charge in [-0.2, -0.15) is 0 Å². The number of hydrogen-bond donors (Lipinski definition) is 3. The monoisotopic (exact) mass is 322 g/mol. The second-order valence-electron chi connectivity index (χ2n) is 6.28. The first-order chi connectivity index (χ1) is 11.0. The molecule has 1 aliphatic rings. The van der Waals surface area contributed by atoms with Crippen molar-refractivity contribution in [2.45, 2.75) is 64.1 Å². The predicted octanol–water partition coefficient (Wildman–Crippen LogP) is 3.46. The largest absolute Gasteiger partial charge is 0.481 e. The van der Waals surface area contributed by atoms with Crippen molar-refractivity contribution < 1.29 is 20.1 Å².